The molecule has 2 amide bonds. The number of hydrogen-bond acceptors (Lipinski definition) is 6. The maximum Gasteiger partial charge on any atom is 0.373 e. The Labute approximate surface area is 283 Å². The van der Waals surface area contributed by atoms with Crippen LogP contribution in [-0.4, -0.2) is 51.5 Å². The van der Waals surface area contributed by atoms with Crippen LogP contribution in [0.4, 0.5) is 0 Å². The third-order valence-corrected chi connectivity index (χ3v) is 12.8. The standard InChI is InChI=1S/C36H57ClN2O6Si/c1-25(24-26(2)29-21-22-30(43-10)34(42)44-29)16-13-14-18-31(40)39-32(35(4,5)6)33(41)38-23-15-17-28(20-19-27(3)37)45-46(11,12)36(7,8)9/h13-16,18-19,22-24,26,28-29,32H,17,20-21H2,1-12H3,(H,38,41)(H,39,40)/b16-13-,18-14+,23-15-,25-24+,27-19+/t26-,28-,29-,32+/m0/s1. The summed E-state index contributed by atoms with van der Waals surface area (Å²) in [5.74, 6) is -0.899. The summed E-state index contributed by atoms with van der Waals surface area (Å²) in [4.78, 5) is 37.8. The summed E-state index contributed by atoms with van der Waals surface area (Å²) in [5.41, 5.74) is 0.435. The minimum absolute atomic E-state index is 0.00193. The topological polar surface area (TPSA) is 103 Å². The molecule has 0 aromatic carbocycles. The Morgan fingerprint density at radius 2 is 1.74 bits per heavy atom. The van der Waals surface area contributed by atoms with Crippen molar-refractivity contribution in [3.63, 3.8) is 0 Å². The zero-order valence-electron chi connectivity index (χ0n) is 30.0. The van der Waals surface area contributed by atoms with Crippen molar-refractivity contribution in [1.29, 1.82) is 0 Å². The van der Waals surface area contributed by atoms with Gasteiger partial charge in [0.15, 0.2) is 14.1 Å². The van der Waals surface area contributed by atoms with Crippen LogP contribution in [0.5, 0.6) is 0 Å². The van der Waals surface area contributed by atoms with E-state index in [1.807, 2.05) is 65.8 Å². The molecule has 0 saturated carbocycles. The predicted octanol–water partition coefficient (Wildman–Crippen LogP) is 8.00. The maximum absolute atomic E-state index is 13.1. The Balaban J connectivity index is 2.79. The average Bonchev–Trinajstić information content (AvgIpc) is 2.93. The number of halogens is 1. The minimum atomic E-state index is -2.00. The fraction of sp³-hybridized carbons (Fsp3) is 0.583. The van der Waals surface area contributed by atoms with E-state index >= 15 is 0 Å². The molecule has 0 spiro atoms. The largest absolute Gasteiger partial charge is 0.490 e. The number of amides is 2. The van der Waals surface area contributed by atoms with Crippen molar-refractivity contribution < 1.29 is 28.3 Å². The zero-order chi connectivity index (χ0) is 35.3. The number of allylic oxidation sites excluding steroid dienone is 5. The van der Waals surface area contributed by atoms with E-state index in [4.69, 9.17) is 25.5 Å². The van der Waals surface area contributed by atoms with Gasteiger partial charge in [-0.15, -0.1) is 0 Å². The van der Waals surface area contributed by atoms with Crippen molar-refractivity contribution >= 4 is 37.7 Å². The van der Waals surface area contributed by atoms with Crippen LogP contribution < -0.4 is 10.6 Å². The van der Waals surface area contributed by atoms with E-state index < -0.39 is 25.7 Å². The SMILES string of the molecule is COC1=CC[C@@H]([C@@H](C)/C=C(C)/C=C\C=C\C(=O)N[C@H](C(=O)N/C=C\C[C@@H](C/C=C(\C)Cl)O[Si](C)(C)C(C)(C)C)C(C)(C)C)OC1=O. The monoisotopic (exact) mass is 676 g/mol. The van der Waals surface area contributed by atoms with Gasteiger partial charge in [-0.3, -0.25) is 9.59 Å². The van der Waals surface area contributed by atoms with Crippen LogP contribution in [-0.2, 0) is 28.3 Å². The molecule has 0 saturated heterocycles. The molecule has 8 nitrogen and oxygen atoms in total. The van der Waals surface area contributed by atoms with Gasteiger partial charge in [-0.05, 0) is 62.5 Å². The molecule has 2 N–H and O–H groups in total. The Hall–Kier alpha value is -2.88. The van der Waals surface area contributed by atoms with Gasteiger partial charge in [0, 0.05) is 23.4 Å². The lowest BCUT2D eigenvalue weighted by Gasteiger charge is -2.39. The van der Waals surface area contributed by atoms with Crippen LogP contribution >= 0.6 is 11.6 Å². The van der Waals surface area contributed by atoms with Crippen LogP contribution in [0.2, 0.25) is 18.1 Å². The Morgan fingerprint density at radius 3 is 2.28 bits per heavy atom. The number of ether oxygens (including phenoxy) is 2. The van der Waals surface area contributed by atoms with Gasteiger partial charge in [0.1, 0.15) is 12.1 Å². The molecule has 0 aliphatic carbocycles. The van der Waals surface area contributed by atoms with Crippen molar-refractivity contribution in [1.82, 2.24) is 10.6 Å². The lowest BCUT2D eigenvalue weighted by atomic mass is 9.86. The lowest BCUT2D eigenvalue weighted by molar-refractivity contribution is -0.151. The molecule has 46 heavy (non-hydrogen) atoms. The first-order valence-electron chi connectivity index (χ1n) is 15.9. The van der Waals surface area contributed by atoms with Gasteiger partial charge in [0.25, 0.3) is 0 Å². The third kappa shape index (κ3) is 14.7. The van der Waals surface area contributed by atoms with Crippen LogP contribution in [0, 0.1) is 11.3 Å². The van der Waals surface area contributed by atoms with E-state index in [1.165, 1.54) is 13.2 Å². The van der Waals surface area contributed by atoms with E-state index in [0.717, 1.165) is 10.6 Å². The highest BCUT2D eigenvalue weighted by Crippen LogP contribution is 2.38. The normalized spacial score (nSPS) is 19.2. The van der Waals surface area contributed by atoms with E-state index in [1.54, 1.807) is 24.4 Å². The van der Waals surface area contributed by atoms with Crippen molar-refractivity contribution in [2.75, 3.05) is 7.11 Å². The fourth-order valence-corrected chi connectivity index (χ4v) is 5.82. The molecule has 0 radical (unpaired) electrons. The second kappa shape index (κ2) is 18.5. The predicted molar refractivity (Wildman–Crippen MR) is 190 cm³/mol. The smallest absolute Gasteiger partial charge is 0.373 e. The van der Waals surface area contributed by atoms with Crippen molar-refractivity contribution in [3.05, 3.63) is 71.2 Å². The summed E-state index contributed by atoms with van der Waals surface area (Å²) in [5, 5.41) is 6.46. The van der Waals surface area contributed by atoms with Crippen LogP contribution in [0.25, 0.3) is 0 Å². The minimum Gasteiger partial charge on any atom is -0.490 e. The first-order valence-corrected chi connectivity index (χ1v) is 19.2. The maximum atomic E-state index is 13.1. The summed E-state index contributed by atoms with van der Waals surface area (Å²) < 4.78 is 17.1. The Kier molecular flexibility index (Phi) is 16.5. The van der Waals surface area contributed by atoms with Crippen LogP contribution in [0.3, 0.4) is 0 Å². The highest BCUT2D eigenvalue weighted by Gasteiger charge is 2.39. The molecule has 1 aliphatic rings. The highest BCUT2D eigenvalue weighted by atomic mass is 35.5. The second-order valence-electron chi connectivity index (χ2n) is 14.4. The molecule has 1 heterocycles. The first kappa shape index (κ1) is 41.1. The first-order chi connectivity index (χ1) is 21.2. The van der Waals surface area contributed by atoms with Gasteiger partial charge in [0.2, 0.25) is 11.8 Å². The molecule has 10 heteroatoms. The Bertz CT molecular complexity index is 1230. The molecular formula is C36H57ClN2O6Si. The summed E-state index contributed by atoms with van der Waals surface area (Å²) in [6.45, 7) is 22.5. The summed E-state index contributed by atoms with van der Waals surface area (Å²) in [6.07, 6.45) is 17.4. The van der Waals surface area contributed by atoms with Gasteiger partial charge < -0.3 is 24.5 Å². The van der Waals surface area contributed by atoms with Gasteiger partial charge in [0.05, 0.1) is 13.2 Å². The number of carbonyl (C=O) groups excluding carboxylic acids is 3. The van der Waals surface area contributed by atoms with Gasteiger partial charge in [-0.1, -0.05) is 102 Å². The average molecular weight is 677 g/mol. The van der Waals surface area contributed by atoms with Gasteiger partial charge in [-0.25, -0.2) is 4.79 Å². The van der Waals surface area contributed by atoms with Crippen LogP contribution in [0.15, 0.2) is 71.2 Å². The molecule has 4 atom stereocenters. The molecular weight excluding hydrogens is 620 g/mol. The molecule has 1 aliphatic heterocycles. The van der Waals surface area contributed by atoms with Gasteiger partial charge >= 0.3 is 5.97 Å². The van der Waals surface area contributed by atoms with E-state index in [-0.39, 0.29) is 40.7 Å². The fourth-order valence-electron chi connectivity index (χ4n) is 4.36. The number of carbonyl (C=O) groups is 3. The quantitative estimate of drug-likeness (QED) is 0.0789. The van der Waals surface area contributed by atoms with E-state index in [0.29, 0.717) is 19.3 Å². The second-order valence-corrected chi connectivity index (χ2v) is 19.8. The van der Waals surface area contributed by atoms with E-state index in [9.17, 15) is 14.4 Å². The number of esters is 1. The molecule has 0 fully saturated rings. The highest BCUT2D eigenvalue weighted by molar-refractivity contribution is 6.74. The zero-order valence-corrected chi connectivity index (χ0v) is 31.7. The number of rotatable bonds is 15. The number of methoxy groups -OCH3 is 1. The summed E-state index contributed by atoms with van der Waals surface area (Å²) in [7, 11) is -0.554. The number of cyclic esters (lactones) is 1. The molecule has 0 aromatic rings. The van der Waals surface area contributed by atoms with Gasteiger partial charge in [-0.2, -0.15) is 0 Å². The number of hydrogen-bond donors (Lipinski definition) is 2. The molecule has 0 unspecified atom stereocenters. The molecule has 0 aromatic heterocycles. The summed E-state index contributed by atoms with van der Waals surface area (Å²) in [6, 6.07) is -0.757. The number of nitrogens with one attached hydrogen (secondary N) is 2. The van der Waals surface area contributed by atoms with Crippen molar-refractivity contribution in [2.24, 2.45) is 11.3 Å². The Morgan fingerprint density at radius 1 is 1.11 bits per heavy atom. The molecule has 0 bridgehead atoms. The third-order valence-electron chi connectivity index (χ3n) is 8.13. The molecule has 258 valence electrons. The van der Waals surface area contributed by atoms with E-state index in [2.05, 4.69) is 44.5 Å². The van der Waals surface area contributed by atoms with Crippen LogP contribution in [0.1, 0.15) is 81.6 Å². The lowest BCUT2D eigenvalue weighted by Crippen LogP contribution is -2.52. The summed E-state index contributed by atoms with van der Waals surface area (Å²) >= 11 is 6.09. The van der Waals surface area contributed by atoms with Crippen molar-refractivity contribution in [3.8, 4) is 0 Å². The molecule has 1 rings (SSSR count). The van der Waals surface area contributed by atoms with Crippen molar-refractivity contribution in [2.45, 2.75) is 118 Å².